The molecule has 12 heteroatoms. The number of carbonyl (C=O) groups excluding carboxylic acids is 1. The van der Waals surface area contributed by atoms with Crippen LogP contribution in [0, 0.1) is 10.1 Å². The Kier molecular flexibility index (Phi) is 5.02. The summed E-state index contributed by atoms with van der Waals surface area (Å²) in [6.45, 7) is -0.344. The molecule has 0 saturated heterocycles. The van der Waals surface area contributed by atoms with Gasteiger partial charge in [-0.05, 0) is 29.5 Å². The zero-order valence-corrected chi connectivity index (χ0v) is 13.9. The van der Waals surface area contributed by atoms with Crippen LogP contribution in [0.5, 0.6) is 0 Å². The van der Waals surface area contributed by atoms with Gasteiger partial charge in [0.2, 0.25) is 11.7 Å². The van der Waals surface area contributed by atoms with E-state index in [1.807, 2.05) is 0 Å². The van der Waals surface area contributed by atoms with Gasteiger partial charge in [-0.2, -0.15) is 18.0 Å². The molecule has 0 saturated carbocycles. The first-order chi connectivity index (χ1) is 13.2. The number of nitrogens with zero attached hydrogens (tertiary/aromatic N) is 5. The maximum atomic E-state index is 12.8. The number of benzene rings is 2. The molecule has 0 atom stereocenters. The number of amides is 1. The summed E-state index contributed by atoms with van der Waals surface area (Å²) in [7, 11) is 0. The standard InChI is InChI=1S/C16H11F3N6O3/c17-16(18,19)11-3-1-2-10(8-11)15-21-23-24(22-15)9-14(26)20-12-4-6-13(7-5-12)25(27)28/h1-8H,9H2,(H,20,26). The first-order valence-corrected chi connectivity index (χ1v) is 7.72. The number of halogens is 3. The zero-order chi connectivity index (χ0) is 20.3. The second-order valence-electron chi connectivity index (χ2n) is 5.57. The van der Waals surface area contributed by atoms with Crippen LogP contribution in [0.3, 0.4) is 0 Å². The van der Waals surface area contributed by atoms with E-state index in [2.05, 4.69) is 20.7 Å². The highest BCUT2D eigenvalue weighted by atomic mass is 19.4. The Morgan fingerprint density at radius 1 is 1.18 bits per heavy atom. The van der Waals surface area contributed by atoms with Gasteiger partial charge in [-0.1, -0.05) is 12.1 Å². The molecule has 0 spiro atoms. The van der Waals surface area contributed by atoms with Crippen molar-refractivity contribution < 1.29 is 22.9 Å². The summed E-state index contributed by atoms with van der Waals surface area (Å²) >= 11 is 0. The predicted octanol–water partition coefficient (Wildman–Crippen LogP) is 2.91. The predicted molar refractivity (Wildman–Crippen MR) is 90.0 cm³/mol. The monoisotopic (exact) mass is 392 g/mol. The third-order valence-electron chi connectivity index (χ3n) is 3.55. The molecule has 0 aliphatic rings. The van der Waals surface area contributed by atoms with Crippen molar-refractivity contribution in [3.8, 4) is 11.4 Å². The number of rotatable bonds is 5. The summed E-state index contributed by atoms with van der Waals surface area (Å²) in [6, 6.07) is 9.61. The van der Waals surface area contributed by atoms with Crippen LogP contribution in [0.25, 0.3) is 11.4 Å². The van der Waals surface area contributed by atoms with Crippen LogP contribution in [0.2, 0.25) is 0 Å². The Morgan fingerprint density at radius 3 is 2.54 bits per heavy atom. The fourth-order valence-corrected chi connectivity index (χ4v) is 2.26. The van der Waals surface area contributed by atoms with Crippen molar-refractivity contribution >= 4 is 17.3 Å². The number of tetrazole rings is 1. The molecule has 0 aliphatic heterocycles. The average molecular weight is 392 g/mol. The van der Waals surface area contributed by atoms with Gasteiger partial charge < -0.3 is 5.32 Å². The Labute approximate surface area is 154 Å². The van der Waals surface area contributed by atoms with E-state index >= 15 is 0 Å². The minimum absolute atomic E-state index is 0.0609. The number of carbonyl (C=O) groups is 1. The Balaban J connectivity index is 1.67. The molecule has 144 valence electrons. The van der Waals surface area contributed by atoms with E-state index in [0.717, 1.165) is 16.9 Å². The van der Waals surface area contributed by atoms with Gasteiger partial charge in [0.15, 0.2) is 0 Å². The van der Waals surface area contributed by atoms with Crippen LogP contribution < -0.4 is 5.32 Å². The molecule has 0 fully saturated rings. The van der Waals surface area contributed by atoms with Crippen LogP contribution in [-0.4, -0.2) is 31.0 Å². The van der Waals surface area contributed by atoms with Crippen molar-refractivity contribution in [3.05, 3.63) is 64.2 Å². The van der Waals surface area contributed by atoms with Gasteiger partial charge >= 0.3 is 6.18 Å². The molecule has 2 aromatic carbocycles. The summed E-state index contributed by atoms with van der Waals surface area (Å²) in [4.78, 5) is 23.0. The lowest BCUT2D eigenvalue weighted by molar-refractivity contribution is -0.384. The van der Waals surface area contributed by atoms with E-state index in [1.54, 1.807) is 0 Å². The summed E-state index contributed by atoms with van der Waals surface area (Å²) in [5, 5.41) is 24.3. The van der Waals surface area contributed by atoms with Gasteiger partial charge in [0, 0.05) is 23.4 Å². The van der Waals surface area contributed by atoms with E-state index in [9.17, 15) is 28.1 Å². The Hall–Kier alpha value is -3.83. The maximum Gasteiger partial charge on any atom is 0.416 e. The number of anilines is 1. The highest BCUT2D eigenvalue weighted by Gasteiger charge is 2.30. The molecular formula is C16H11F3N6O3. The molecule has 1 N–H and O–H groups in total. The zero-order valence-electron chi connectivity index (χ0n) is 13.9. The average Bonchev–Trinajstić information content (AvgIpc) is 3.10. The van der Waals surface area contributed by atoms with Gasteiger partial charge in [0.05, 0.1) is 10.5 Å². The second-order valence-corrected chi connectivity index (χ2v) is 5.57. The maximum absolute atomic E-state index is 12.8. The first-order valence-electron chi connectivity index (χ1n) is 7.72. The normalized spacial score (nSPS) is 11.2. The van der Waals surface area contributed by atoms with E-state index < -0.39 is 22.6 Å². The summed E-state index contributed by atoms with van der Waals surface area (Å²) < 4.78 is 38.4. The first kappa shape index (κ1) is 18.9. The van der Waals surface area contributed by atoms with Crippen LogP contribution >= 0.6 is 0 Å². The minimum atomic E-state index is -4.50. The molecule has 3 rings (SSSR count). The van der Waals surface area contributed by atoms with Gasteiger partial charge in [0.25, 0.3) is 5.69 Å². The van der Waals surface area contributed by atoms with Crippen molar-refractivity contribution in [1.29, 1.82) is 0 Å². The molecule has 28 heavy (non-hydrogen) atoms. The number of hydrogen-bond acceptors (Lipinski definition) is 6. The van der Waals surface area contributed by atoms with Crippen molar-refractivity contribution in [3.63, 3.8) is 0 Å². The van der Waals surface area contributed by atoms with E-state index in [0.29, 0.717) is 5.69 Å². The lowest BCUT2D eigenvalue weighted by Crippen LogP contribution is -2.20. The lowest BCUT2D eigenvalue weighted by atomic mass is 10.1. The minimum Gasteiger partial charge on any atom is -0.324 e. The molecule has 0 unspecified atom stereocenters. The van der Waals surface area contributed by atoms with Crippen molar-refractivity contribution in [2.24, 2.45) is 0 Å². The van der Waals surface area contributed by atoms with Gasteiger partial charge in [-0.15, -0.1) is 10.2 Å². The topological polar surface area (TPSA) is 116 Å². The number of non-ortho nitro benzene ring substituents is 1. The third kappa shape index (κ3) is 4.47. The van der Waals surface area contributed by atoms with Crippen LogP contribution in [0.4, 0.5) is 24.5 Å². The van der Waals surface area contributed by atoms with Crippen molar-refractivity contribution in [1.82, 2.24) is 20.2 Å². The molecule has 1 heterocycles. The molecule has 3 aromatic rings. The quantitative estimate of drug-likeness (QED) is 0.527. The van der Waals surface area contributed by atoms with Crippen LogP contribution in [0.15, 0.2) is 48.5 Å². The number of aromatic nitrogens is 4. The van der Waals surface area contributed by atoms with Crippen molar-refractivity contribution in [2.75, 3.05) is 5.32 Å². The van der Waals surface area contributed by atoms with Gasteiger partial charge in [-0.25, -0.2) is 0 Å². The van der Waals surface area contributed by atoms with E-state index in [-0.39, 0.29) is 23.6 Å². The third-order valence-corrected chi connectivity index (χ3v) is 3.55. The van der Waals surface area contributed by atoms with Crippen LogP contribution in [0.1, 0.15) is 5.56 Å². The summed E-state index contributed by atoms with van der Waals surface area (Å²) in [5.41, 5.74) is -0.537. The molecule has 0 radical (unpaired) electrons. The SMILES string of the molecule is O=C(Cn1nnc(-c2cccc(C(F)(F)F)c2)n1)Nc1ccc([N+](=O)[O-])cc1. The van der Waals surface area contributed by atoms with Crippen molar-refractivity contribution in [2.45, 2.75) is 12.7 Å². The fraction of sp³-hybridized carbons (Fsp3) is 0.125. The Morgan fingerprint density at radius 2 is 1.89 bits per heavy atom. The molecule has 9 nitrogen and oxygen atoms in total. The van der Waals surface area contributed by atoms with E-state index in [1.165, 1.54) is 36.4 Å². The van der Waals surface area contributed by atoms with E-state index in [4.69, 9.17) is 0 Å². The fourth-order valence-electron chi connectivity index (χ4n) is 2.26. The molecular weight excluding hydrogens is 381 g/mol. The molecule has 1 amide bonds. The van der Waals surface area contributed by atoms with Gasteiger partial charge in [0.1, 0.15) is 6.54 Å². The smallest absolute Gasteiger partial charge is 0.324 e. The van der Waals surface area contributed by atoms with Crippen LogP contribution in [-0.2, 0) is 17.5 Å². The summed E-state index contributed by atoms with van der Waals surface area (Å²) in [5.74, 6) is -0.601. The number of alkyl halides is 3. The highest BCUT2D eigenvalue weighted by Crippen LogP contribution is 2.31. The number of nitro groups is 1. The van der Waals surface area contributed by atoms with Gasteiger partial charge in [-0.3, -0.25) is 14.9 Å². The molecule has 1 aromatic heterocycles. The largest absolute Gasteiger partial charge is 0.416 e. The molecule has 0 aliphatic carbocycles. The number of nitrogens with one attached hydrogen (secondary N) is 1. The highest BCUT2D eigenvalue weighted by molar-refractivity contribution is 5.90. The molecule has 0 bridgehead atoms. The Bertz CT molecular complexity index is 1020. The summed E-state index contributed by atoms with van der Waals surface area (Å²) in [6.07, 6.45) is -4.50. The number of hydrogen-bond donors (Lipinski definition) is 1. The second kappa shape index (κ2) is 7.42. The lowest BCUT2D eigenvalue weighted by Gasteiger charge is -2.06. The number of nitro benzene ring substituents is 1.